The fraction of sp³-hybridized carbons (Fsp3) is 0.923. The largest absolute Gasteiger partial charge is 0.342 e. The van der Waals surface area contributed by atoms with Gasteiger partial charge >= 0.3 is 0 Å². The molecule has 0 radical (unpaired) electrons. The van der Waals surface area contributed by atoms with E-state index < -0.39 is 17.9 Å². The maximum atomic E-state index is 5.97. The number of hydrogen-bond acceptors (Lipinski definition) is 7. The minimum absolute atomic E-state index is 0.240. The van der Waals surface area contributed by atoms with Crippen LogP contribution in [0.15, 0.2) is 4.99 Å². The zero-order valence-electron chi connectivity index (χ0n) is 12.0. The molecule has 20 heavy (non-hydrogen) atoms. The summed E-state index contributed by atoms with van der Waals surface area (Å²) in [6.45, 7) is 7.84. The van der Waals surface area contributed by atoms with Crippen LogP contribution in [0.2, 0.25) is 0 Å². The molecule has 0 spiro atoms. The lowest BCUT2D eigenvalue weighted by molar-refractivity contribution is -0.231. The average molecular weight is 301 g/mol. The highest BCUT2D eigenvalue weighted by Crippen LogP contribution is 2.44. The maximum absolute atomic E-state index is 5.97. The summed E-state index contributed by atoms with van der Waals surface area (Å²) in [5, 5.41) is 2.35. The van der Waals surface area contributed by atoms with E-state index in [1.54, 1.807) is 0 Å². The van der Waals surface area contributed by atoms with E-state index in [0.29, 0.717) is 6.54 Å². The Labute approximate surface area is 123 Å². The second kappa shape index (κ2) is 4.81. The minimum atomic E-state index is -0.696. The van der Waals surface area contributed by atoms with Crippen LogP contribution >= 0.6 is 12.2 Å². The normalized spacial score (nSPS) is 44.5. The van der Waals surface area contributed by atoms with Crippen LogP contribution in [0.4, 0.5) is 0 Å². The van der Waals surface area contributed by atoms with Gasteiger partial charge in [0.25, 0.3) is 0 Å². The number of isothiocyanates is 1. The Kier molecular flexibility index (Phi) is 3.50. The predicted octanol–water partition coefficient (Wildman–Crippen LogP) is 1.49. The Bertz CT molecular complexity index is 448. The van der Waals surface area contributed by atoms with Gasteiger partial charge in [0.1, 0.15) is 24.4 Å². The predicted molar refractivity (Wildman–Crippen MR) is 72.4 cm³/mol. The summed E-state index contributed by atoms with van der Waals surface area (Å²) in [6, 6.07) is 0. The zero-order chi connectivity index (χ0) is 14.5. The smallest absolute Gasteiger partial charge is 0.190 e. The first-order valence-corrected chi connectivity index (χ1v) is 7.12. The molecule has 3 heterocycles. The average Bonchev–Trinajstić information content (AvgIpc) is 2.80. The Balaban J connectivity index is 1.85. The second-order valence-corrected chi connectivity index (χ2v) is 6.32. The third-order valence-corrected chi connectivity index (χ3v) is 3.72. The summed E-state index contributed by atoms with van der Waals surface area (Å²) in [4.78, 5) is 3.96. The summed E-state index contributed by atoms with van der Waals surface area (Å²) in [5.41, 5.74) is 0. The molecular weight excluding hydrogens is 282 g/mol. The second-order valence-electron chi connectivity index (χ2n) is 6.14. The van der Waals surface area contributed by atoms with Gasteiger partial charge in [-0.15, -0.1) is 0 Å². The van der Waals surface area contributed by atoms with Crippen molar-refractivity contribution in [2.75, 3.05) is 6.54 Å². The van der Waals surface area contributed by atoms with Crippen molar-refractivity contribution in [3.63, 3.8) is 0 Å². The van der Waals surface area contributed by atoms with E-state index in [2.05, 4.69) is 22.4 Å². The molecule has 3 aliphatic heterocycles. The highest BCUT2D eigenvalue weighted by atomic mass is 32.1. The lowest BCUT2D eigenvalue weighted by Gasteiger charge is -2.36. The fourth-order valence-electron chi connectivity index (χ4n) is 2.97. The number of hydrogen-bond donors (Lipinski definition) is 0. The van der Waals surface area contributed by atoms with Gasteiger partial charge in [0.15, 0.2) is 17.9 Å². The topological polar surface area (TPSA) is 58.5 Å². The first-order valence-electron chi connectivity index (χ1n) is 6.72. The quantitative estimate of drug-likeness (QED) is 0.569. The monoisotopic (exact) mass is 301 g/mol. The Morgan fingerprint density at radius 3 is 2.25 bits per heavy atom. The summed E-state index contributed by atoms with van der Waals surface area (Å²) in [6.07, 6.45) is -1.55. The first-order chi connectivity index (χ1) is 9.31. The van der Waals surface area contributed by atoms with Crippen LogP contribution < -0.4 is 0 Å². The highest BCUT2D eigenvalue weighted by Gasteiger charge is 2.60. The van der Waals surface area contributed by atoms with Gasteiger partial charge < -0.3 is 23.7 Å². The molecule has 0 aromatic heterocycles. The molecule has 0 N–H and O–H groups in total. The van der Waals surface area contributed by atoms with Gasteiger partial charge in [0.2, 0.25) is 0 Å². The molecule has 0 aromatic rings. The number of fused-ring (bicyclic) bond motifs is 3. The van der Waals surface area contributed by atoms with E-state index in [1.165, 1.54) is 0 Å². The van der Waals surface area contributed by atoms with Crippen LogP contribution in [0, 0.1) is 0 Å². The lowest BCUT2D eigenvalue weighted by atomic mass is 9.99. The third kappa shape index (κ3) is 2.55. The molecule has 3 fully saturated rings. The third-order valence-electron chi connectivity index (χ3n) is 3.59. The molecule has 3 aliphatic rings. The molecule has 0 aliphatic carbocycles. The van der Waals surface area contributed by atoms with Gasteiger partial charge in [-0.25, -0.2) is 4.99 Å². The molecule has 0 amide bonds. The number of ether oxygens (including phenoxy) is 5. The number of thiocarbonyl (C=S) groups is 1. The highest BCUT2D eigenvalue weighted by molar-refractivity contribution is 7.78. The molecule has 112 valence electrons. The molecule has 3 rings (SSSR count). The van der Waals surface area contributed by atoms with E-state index >= 15 is 0 Å². The van der Waals surface area contributed by atoms with E-state index in [0.717, 1.165) is 0 Å². The molecule has 3 saturated heterocycles. The van der Waals surface area contributed by atoms with Crippen molar-refractivity contribution >= 4 is 17.4 Å². The van der Waals surface area contributed by atoms with Gasteiger partial charge in [0.05, 0.1) is 11.7 Å². The summed E-state index contributed by atoms with van der Waals surface area (Å²) in [7, 11) is 0. The maximum Gasteiger partial charge on any atom is 0.190 e. The lowest BCUT2D eigenvalue weighted by Crippen LogP contribution is -2.55. The number of nitrogens with zero attached hydrogens (tertiary/aromatic N) is 1. The van der Waals surface area contributed by atoms with Crippen LogP contribution in [0.3, 0.4) is 0 Å². The van der Waals surface area contributed by atoms with E-state index in [-0.39, 0.29) is 24.4 Å². The SMILES string of the molecule is CC1(C)O[C@H]2[C@@H](O1)[C@@H](CN=C=S)O[C@@H]1OC(C)(C)O[C@@H]12. The number of rotatable bonds is 2. The Morgan fingerprint density at radius 1 is 0.950 bits per heavy atom. The summed E-state index contributed by atoms with van der Waals surface area (Å²) >= 11 is 4.62. The minimum Gasteiger partial charge on any atom is -0.342 e. The van der Waals surface area contributed by atoms with Gasteiger partial charge in [-0.3, -0.25) is 0 Å². The molecule has 0 aromatic carbocycles. The van der Waals surface area contributed by atoms with E-state index in [1.807, 2.05) is 27.7 Å². The van der Waals surface area contributed by atoms with Crippen molar-refractivity contribution in [2.45, 2.75) is 70.0 Å². The molecule has 6 nitrogen and oxygen atoms in total. The van der Waals surface area contributed by atoms with Crippen LogP contribution in [0.25, 0.3) is 0 Å². The van der Waals surface area contributed by atoms with Gasteiger partial charge in [-0.2, -0.15) is 0 Å². The van der Waals surface area contributed by atoms with Gasteiger partial charge in [-0.1, -0.05) is 0 Å². The van der Waals surface area contributed by atoms with E-state index in [9.17, 15) is 0 Å². The fourth-order valence-corrected chi connectivity index (χ4v) is 3.04. The molecule has 7 heteroatoms. The molecule has 0 unspecified atom stereocenters. The van der Waals surface area contributed by atoms with Crippen molar-refractivity contribution in [2.24, 2.45) is 4.99 Å². The van der Waals surface area contributed by atoms with Gasteiger partial charge in [0, 0.05) is 0 Å². The zero-order valence-corrected chi connectivity index (χ0v) is 12.8. The Morgan fingerprint density at radius 2 is 1.55 bits per heavy atom. The van der Waals surface area contributed by atoms with Crippen molar-refractivity contribution < 1.29 is 23.7 Å². The summed E-state index contributed by atoms with van der Waals surface area (Å²) < 4.78 is 29.5. The van der Waals surface area contributed by atoms with Crippen LogP contribution in [0.1, 0.15) is 27.7 Å². The van der Waals surface area contributed by atoms with E-state index in [4.69, 9.17) is 23.7 Å². The standard InChI is InChI=1S/C13H19NO5S/c1-12(2)16-8-7(5-14-6-20)15-11-10(9(8)17-12)18-13(3,4)19-11/h7-11H,5H2,1-4H3/t7-,8+,9+,10-,11-/m1/s1. The van der Waals surface area contributed by atoms with Crippen LogP contribution in [0.5, 0.6) is 0 Å². The van der Waals surface area contributed by atoms with Crippen LogP contribution in [-0.2, 0) is 23.7 Å². The molecule has 5 atom stereocenters. The first kappa shape index (κ1) is 14.5. The molecular formula is C13H19NO5S. The van der Waals surface area contributed by atoms with Crippen molar-refractivity contribution in [3.05, 3.63) is 0 Å². The van der Waals surface area contributed by atoms with Crippen molar-refractivity contribution in [1.82, 2.24) is 0 Å². The van der Waals surface area contributed by atoms with Crippen LogP contribution in [-0.4, -0.2) is 54.0 Å². The molecule has 0 bridgehead atoms. The Hall–Kier alpha value is -0.400. The van der Waals surface area contributed by atoms with Crippen molar-refractivity contribution in [1.29, 1.82) is 0 Å². The van der Waals surface area contributed by atoms with Gasteiger partial charge in [-0.05, 0) is 39.9 Å². The number of aliphatic imine (C=N–C) groups is 1. The molecule has 0 saturated carbocycles. The summed E-state index contributed by atoms with van der Waals surface area (Å²) in [5.74, 6) is -1.37. The van der Waals surface area contributed by atoms with Crippen molar-refractivity contribution in [3.8, 4) is 0 Å².